The van der Waals surface area contributed by atoms with E-state index in [0.717, 1.165) is 17.3 Å². The van der Waals surface area contributed by atoms with E-state index in [-0.39, 0.29) is 17.8 Å². The van der Waals surface area contributed by atoms with Crippen LogP contribution in [0.3, 0.4) is 0 Å². The maximum absolute atomic E-state index is 12.8. The number of benzene rings is 2. The maximum Gasteiger partial charge on any atom is 0.293 e. The van der Waals surface area contributed by atoms with Gasteiger partial charge in [0.15, 0.2) is 11.5 Å². The van der Waals surface area contributed by atoms with Gasteiger partial charge in [-0.3, -0.25) is 9.59 Å². The Balaban J connectivity index is 1.77. The van der Waals surface area contributed by atoms with Gasteiger partial charge in [-0.15, -0.1) is 6.42 Å². The highest BCUT2D eigenvalue weighted by molar-refractivity contribution is 8.15. The molecular formula is C21H18ClNO4S. The number of ether oxygens (including phenoxy) is 2. The van der Waals surface area contributed by atoms with E-state index in [1.165, 1.54) is 4.90 Å². The number of hydrogen-bond donors (Lipinski definition) is 0. The zero-order valence-corrected chi connectivity index (χ0v) is 16.8. The molecule has 5 nitrogen and oxygen atoms in total. The van der Waals surface area contributed by atoms with E-state index in [9.17, 15) is 9.59 Å². The van der Waals surface area contributed by atoms with Gasteiger partial charge < -0.3 is 9.47 Å². The van der Waals surface area contributed by atoms with Gasteiger partial charge in [-0.05, 0) is 55.3 Å². The Morgan fingerprint density at radius 3 is 2.57 bits per heavy atom. The number of terminal acetylenes is 1. The lowest BCUT2D eigenvalue weighted by atomic mass is 10.1. The quantitative estimate of drug-likeness (QED) is 0.620. The van der Waals surface area contributed by atoms with Crippen LogP contribution in [-0.4, -0.2) is 29.6 Å². The van der Waals surface area contributed by atoms with E-state index in [0.29, 0.717) is 35.2 Å². The van der Waals surface area contributed by atoms with Gasteiger partial charge in [0.05, 0.1) is 17.5 Å². The number of amides is 2. The Morgan fingerprint density at radius 1 is 1.14 bits per heavy atom. The molecule has 0 aromatic heterocycles. The normalized spacial score (nSPS) is 16.2. The van der Waals surface area contributed by atoms with Crippen molar-refractivity contribution < 1.29 is 19.1 Å². The lowest BCUT2D eigenvalue weighted by Crippen LogP contribution is -2.32. The summed E-state index contributed by atoms with van der Waals surface area (Å²) >= 11 is 6.90. The van der Waals surface area contributed by atoms with Crippen LogP contribution in [0.2, 0.25) is 5.02 Å². The van der Waals surface area contributed by atoms with Crippen molar-refractivity contribution in [2.75, 3.05) is 18.1 Å². The molecule has 0 saturated carbocycles. The second-order valence-corrected chi connectivity index (χ2v) is 7.52. The van der Waals surface area contributed by atoms with Crippen LogP contribution in [0.1, 0.15) is 12.5 Å². The summed E-state index contributed by atoms with van der Waals surface area (Å²) in [6.07, 6.45) is 5.63. The van der Waals surface area contributed by atoms with E-state index in [2.05, 4.69) is 5.92 Å². The van der Waals surface area contributed by atoms with Crippen molar-refractivity contribution in [1.82, 2.24) is 0 Å². The zero-order chi connectivity index (χ0) is 20.1. The second kappa shape index (κ2) is 9.05. The predicted octanol–water partition coefficient (Wildman–Crippen LogP) is 4.56. The van der Waals surface area contributed by atoms with Crippen LogP contribution in [-0.2, 0) is 11.2 Å². The fourth-order valence-electron chi connectivity index (χ4n) is 2.81. The average Bonchev–Trinajstić information content (AvgIpc) is 2.95. The summed E-state index contributed by atoms with van der Waals surface area (Å²) in [5.74, 6) is 3.28. The Hall–Kier alpha value is -2.62. The van der Waals surface area contributed by atoms with Gasteiger partial charge in [0, 0.05) is 5.02 Å². The van der Waals surface area contributed by atoms with Crippen molar-refractivity contribution >= 4 is 40.2 Å². The molecule has 0 unspecified atom stereocenters. The van der Waals surface area contributed by atoms with Crippen LogP contribution >= 0.6 is 23.4 Å². The van der Waals surface area contributed by atoms with Crippen molar-refractivity contribution in [3.63, 3.8) is 0 Å². The van der Waals surface area contributed by atoms with Gasteiger partial charge in [0.25, 0.3) is 5.24 Å². The molecule has 7 heteroatoms. The minimum Gasteiger partial charge on any atom is -0.490 e. The summed E-state index contributed by atoms with van der Waals surface area (Å²) < 4.78 is 11.1. The number of anilines is 1. The molecule has 0 bridgehead atoms. The topological polar surface area (TPSA) is 55.8 Å². The van der Waals surface area contributed by atoms with Crippen LogP contribution in [0, 0.1) is 12.3 Å². The molecule has 1 aliphatic heterocycles. The first-order valence-electron chi connectivity index (χ1n) is 8.65. The van der Waals surface area contributed by atoms with E-state index in [4.69, 9.17) is 27.5 Å². The molecular weight excluding hydrogens is 398 g/mol. The summed E-state index contributed by atoms with van der Waals surface area (Å²) in [7, 11) is 0. The summed E-state index contributed by atoms with van der Waals surface area (Å²) in [6.45, 7) is 2.48. The minimum absolute atomic E-state index is 0.140. The van der Waals surface area contributed by atoms with E-state index < -0.39 is 5.25 Å². The van der Waals surface area contributed by atoms with E-state index in [1.54, 1.807) is 30.3 Å². The molecule has 28 heavy (non-hydrogen) atoms. The van der Waals surface area contributed by atoms with Crippen LogP contribution in [0.15, 0.2) is 42.5 Å². The molecule has 0 aliphatic carbocycles. The second-order valence-electron chi connectivity index (χ2n) is 5.93. The number of nitrogens with zero attached hydrogens (tertiary/aromatic N) is 1. The summed E-state index contributed by atoms with van der Waals surface area (Å²) in [6, 6.07) is 12.0. The van der Waals surface area contributed by atoms with Gasteiger partial charge in [0.2, 0.25) is 5.91 Å². The van der Waals surface area contributed by atoms with Crippen LogP contribution in [0.25, 0.3) is 0 Å². The number of hydrogen-bond acceptors (Lipinski definition) is 5. The number of thioether (sulfide) groups is 1. The number of carbonyl (C=O) groups is 2. The molecule has 0 radical (unpaired) electrons. The smallest absolute Gasteiger partial charge is 0.293 e. The maximum atomic E-state index is 12.8. The van der Waals surface area contributed by atoms with Crippen molar-refractivity contribution in [3.05, 3.63) is 53.1 Å². The SMILES string of the molecule is C#CCOc1ccc(C[C@H]2SC(=O)N(c3ccc(Cl)cc3)C2=O)cc1OCC. The first-order chi connectivity index (χ1) is 13.5. The van der Waals surface area contributed by atoms with Crippen LogP contribution < -0.4 is 14.4 Å². The Bertz CT molecular complexity index is 923. The van der Waals surface area contributed by atoms with Crippen molar-refractivity contribution in [1.29, 1.82) is 0 Å². The highest BCUT2D eigenvalue weighted by atomic mass is 35.5. The zero-order valence-electron chi connectivity index (χ0n) is 15.2. The molecule has 1 fully saturated rings. The Morgan fingerprint density at radius 2 is 1.89 bits per heavy atom. The van der Waals surface area contributed by atoms with Crippen LogP contribution in [0.4, 0.5) is 10.5 Å². The first-order valence-corrected chi connectivity index (χ1v) is 9.91. The summed E-state index contributed by atoms with van der Waals surface area (Å²) in [4.78, 5) is 26.4. The molecule has 1 aliphatic rings. The molecule has 2 aromatic carbocycles. The third-order valence-corrected chi connectivity index (χ3v) is 5.34. The minimum atomic E-state index is -0.505. The average molecular weight is 416 g/mol. The summed E-state index contributed by atoms with van der Waals surface area (Å²) in [5.41, 5.74) is 1.38. The molecule has 0 N–H and O–H groups in total. The predicted molar refractivity (Wildman–Crippen MR) is 111 cm³/mol. The molecule has 2 aromatic rings. The van der Waals surface area contributed by atoms with Crippen molar-refractivity contribution in [2.45, 2.75) is 18.6 Å². The van der Waals surface area contributed by atoms with Gasteiger partial charge in [-0.1, -0.05) is 35.3 Å². The molecule has 1 heterocycles. The van der Waals surface area contributed by atoms with Crippen molar-refractivity contribution in [3.8, 4) is 23.8 Å². The fourth-order valence-corrected chi connectivity index (χ4v) is 3.96. The lowest BCUT2D eigenvalue weighted by molar-refractivity contribution is -0.117. The van der Waals surface area contributed by atoms with E-state index >= 15 is 0 Å². The third kappa shape index (κ3) is 4.44. The fraction of sp³-hybridized carbons (Fsp3) is 0.238. The third-order valence-electron chi connectivity index (χ3n) is 4.05. The van der Waals surface area contributed by atoms with Crippen LogP contribution in [0.5, 0.6) is 11.5 Å². The monoisotopic (exact) mass is 415 g/mol. The number of carbonyl (C=O) groups excluding carboxylic acids is 2. The van der Waals surface area contributed by atoms with Gasteiger partial charge in [-0.2, -0.15) is 0 Å². The molecule has 1 atom stereocenters. The van der Waals surface area contributed by atoms with Gasteiger partial charge in [-0.25, -0.2) is 4.90 Å². The lowest BCUT2D eigenvalue weighted by Gasteiger charge is -2.15. The number of rotatable bonds is 7. The number of halogens is 1. The highest BCUT2D eigenvalue weighted by Gasteiger charge is 2.40. The summed E-state index contributed by atoms with van der Waals surface area (Å²) in [5, 5.41) is -0.255. The molecule has 144 valence electrons. The molecule has 0 spiro atoms. The molecule has 2 amide bonds. The van der Waals surface area contributed by atoms with E-state index in [1.807, 2.05) is 19.1 Å². The molecule has 1 saturated heterocycles. The Labute approximate surface area is 173 Å². The highest BCUT2D eigenvalue weighted by Crippen LogP contribution is 2.35. The standard InChI is InChI=1S/C21H18ClNO4S/c1-3-11-27-17-10-5-14(12-18(17)26-4-2)13-19-20(24)23(21(25)28-19)16-8-6-15(22)7-9-16/h1,5-10,12,19H,4,11,13H2,2H3/t19-/m1/s1. The number of imide groups is 1. The first kappa shape index (κ1) is 20.1. The van der Waals surface area contributed by atoms with Crippen molar-refractivity contribution in [2.24, 2.45) is 0 Å². The largest absolute Gasteiger partial charge is 0.490 e. The van der Waals surface area contributed by atoms with Gasteiger partial charge >= 0.3 is 0 Å². The molecule has 3 rings (SSSR count). The van der Waals surface area contributed by atoms with Gasteiger partial charge in [0.1, 0.15) is 6.61 Å². The Kier molecular flexibility index (Phi) is 6.50.